The van der Waals surface area contributed by atoms with Crippen molar-refractivity contribution < 1.29 is 0 Å². The highest BCUT2D eigenvalue weighted by Gasteiger charge is 2.37. The van der Waals surface area contributed by atoms with E-state index in [0.717, 1.165) is 10.7 Å². The van der Waals surface area contributed by atoms with Gasteiger partial charge in [-0.05, 0) is 28.6 Å². The zero-order chi connectivity index (χ0) is 10.6. The average Bonchev–Trinajstić information content (AvgIpc) is 2.72. The van der Waals surface area contributed by atoms with Gasteiger partial charge in [0, 0.05) is 11.6 Å². The Balaban J connectivity index is 2.39. The Kier molecular flexibility index (Phi) is 1.77. The molecule has 0 unspecified atom stereocenters. The molecule has 2 aromatic rings. The van der Waals surface area contributed by atoms with Gasteiger partial charge in [-0.2, -0.15) is 0 Å². The summed E-state index contributed by atoms with van der Waals surface area (Å²) in [6.07, 6.45) is 1.73. The molecule has 15 heavy (non-hydrogen) atoms. The van der Waals surface area contributed by atoms with Gasteiger partial charge in [0.1, 0.15) is 0 Å². The third kappa shape index (κ3) is 1.12. The number of hydrogen-bond acceptors (Lipinski definition) is 2. The number of pyridine rings is 1. The van der Waals surface area contributed by atoms with Gasteiger partial charge in [0.15, 0.2) is 0 Å². The maximum atomic E-state index is 6.00. The highest BCUT2D eigenvalue weighted by atomic mass is 35.5. The quantitative estimate of drug-likeness (QED) is 0.670. The van der Waals surface area contributed by atoms with Crippen LogP contribution in [0.5, 0.6) is 0 Å². The fraction of sp³-hybridized carbons (Fsp3) is 0.250. The Bertz CT molecular complexity index is 542. The molecule has 0 saturated heterocycles. The Morgan fingerprint density at radius 2 is 2.13 bits per heavy atom. The summed E-state index contributed by atoms with van der Waals surface area (Å²) in [7, 11) is 0. The second-order valence-corrected chi connectivity index (χ2v) is 5.69. The number of halogens is 1. The molecule has 0 spiro atoms. The first-order valence-electron chi connectivity index (χ1n) is 4.85. The Morgan fingerprint density at radius 3 is 2.93 bits per heavy atom. The number of fused-ring (bicyclic) bond motifs is 3. The molecular weight excluding hydrogens is 226 g/mol. The molecule has 0 aliphatic heterocycles. The number of thiophene rings is 1. The summed E-state index contributed by atoms with van der Waals surface area (Å²) in [4.78, 5) is 5.74. The average molecular weight is 236 g/mol. The summed E-state index contributed by atoms with van der Waals surface area (Å²) in [6, 6.07) is 4.23. The van der Waals surface area contributed by atoms with Crippen LogP contribution >= 0.6 is 22.9 Å². The van der Waals surface area contributed by atoms with Gasteiger partial charge in [-0.1, -0.05) is 25.4 Å². The predicted molar refractivity (Wildman–Crippen MR) is 64.7 cm³/mol. The minimum atomic E-state index is 0.0442. The second kappa shape index (κ2) is 2.83. The van der Waals surface area contributed by atoms with Crippen molar-refractivity contribution in [1.29, 1.82) is 0 Å². The third-order valence-corrected chi connectivity index (χ3v) is 4.21. The molecule has 0 fully saturated rings. The van der Waals surface area contributed by atoms with E-state index in [-0.39, 0.29) is 5.41 Å². The first-order valence-corrected chi connectivity index (χ1v) is 6.11. The van der Waals surface area contributed by atoms with Crippen LogP contribution < -0.4 is 0 Å². The molecule has 1 aliphatic rings. The van der Waals surface area contributed by atoms with Gasteiger partial charge in [0.2, 0.25) is 0 Å². The summed E-state index contributed by atoms with van der Waals surface area (Å²) in [6.45, 7) is 4.45. The molecule has 0 atom stereocenters. The first-order chi connectivity index (χ1) is 7.10. The van der Waals surface area contributed by atoms with Crippen molar-refractivity contribution in [3.8, 4) is 10.6 Å². The van der Waals surface area contributed by atoms with Crippen LogP contribution in [0.1, 0.15) is 25.0 Å². The largest absolute Gasteiger partial charge is 0.254 e. The van der Waals surface area contributed by atoms with Gasteiger partial charge >= 0.3 is 0 Å². The topological polar surface area (TPSA) is 12.9 Å². The highest BCUT2D eigenvalue weighted by molar-refractivity contribution is 7.13. The smallest absolute Gasteiger partial charge is 0.0846 e. The fourth-order valence-corrected chi connectivity index (χ4v) is 3.45. The lowest BCUT2D eigenvalue weighted by Gasteiger charge is -2.19. The van der Waals surface area contributed by atoms with Gasteiger partial charge in [-0.25, -0.2) is 0 Å². The predicted octanol–water partition coefficient (Wildman–Crippen LogP) is 4.10. The lowest BCUT2D eigenvalue weighted by molar-refractivity contribution is 0.660. The van der Waals surface area contributed by atoms with Crippen molar-refractivity contribution in [3.05, 3.63) is 39.9 Å². The van der Waals surface area contributed by atoms with Crippen molar-refractivity contribution in [2.75, 3.05) is 0 Å². The summed E-state index contributed by atoms with van der Waals surface area (Å²) >= 11 is 7.76. The van der Waals surface area contributed by atoms with Crippen LogP contribution in [-0.4, -0.2) is 4.98 Å². The van der Waals surface area contributed by atoms with E-state index in [1.54, 1.807) is 17.5 Å². The normalized spacial score (nSPS) is 16.2. The Hall–Kier alpha value is -0.860. The minimum Gasteiger partial charge on any atom is -0.254 e. The Labute approximate surface area is 97.7 Å². The highest BCUT2D eigenvalue weighted by Crippen LogP contribution is 2.50. The molecule has 0 N–H and O–H groups in total. The lowest BCUT2D eigenvalue weighted by Crippen LogP contribution is -2.14. The zero-order valence-electron chi connectivity index (χ0n) is 8.54. The number of hydrogen-bond donors (Lipinski definition) is 0. The van der Waals surface area contributed by atoms with E-state index in [1.807, 2.05) is 6.07 Å². The molecule has 0 amide bonds. The molecule has 0 bridgehead atoms. The van der Waals surface area contributed by atoms with E-state index in [2.05, 4.69) is 30.3 Å². The zero-order valence-corrected chi connectivity index (χ0v) is 10.1. The first kappa shape index (κ1) is 9.37. The molecule has 76 valence electrons. The molecule has 3 heteroatoms. The van der Waals surface area contributed by atoms with Gasteiger partial charge in [0.25, 0.3) is 0 Å². The van der Waals surface area contributed by atoms with Gasteiger partial charge in [-0.3, -0.25) is 4.98 Å². The van der Waals surface area contributed by atoms with Crippen molar-refractivity contribution >= 4 is 22.9 Å². The lowest BCUT2D eigenvalue weighted by atomic mass is 9.84. The van der Waals surface area contributed by atoms with E-state index in [4.69, 9.17) is 11.6 Å². The van der Waals surface area contributed by atoms with Crippen molar-refractivity contribution in [2.24, 2.45) is 0 Å². The van der Waals surface area contributed by atoms with E-state index in [0.29, 0.717) is 0 Å². The van der Waals surface area contributed by atoms with Crippen LogP contribution in [0.15, 0.2) is 23.7 Å². The van der Waals surface area contributed by atoms with Crippen LogP contribution in [0.4, 0.5) is 0 Å². The molecule has 3 rings (SSSR count). The van der Waals surface area contributed by atoms with Crippen LogP contribution in [0.25, 0.3) is 10.6 Å². The fourth-order valence-electron chi connectivity index (χ4n) is 2.23. The number of nitrogens with zero attached hydrogens (tertiary/aromatic N) is 1. The Morgan fingerprint density at radius 1 is 1.33 bits per heavy atom. The van der Waals surface area contributed by atoms with Crippen LogP contribution in [0.2, 0.25) is 5.02 Å². The van der Waals surface area contributed by atoms with E-state index < -0.39 is 0 Å². The molecule has 0 radical (unpaired) electrons. The molecular formula is C12H10ClNS. The van der Waals surface area contributed by atoms with Crippen molar-refractivity contribution in [1.82, 2.24) is 4.98 Å². The summed E-state index contributed by atoms with van der Waals surface area (Å²) in [5.74, 6) is 0. The van der Waals surface area contributed by atoms with E-state index >= 15 is 0 Å². The summed E-state index contributed by atoms with van der Waals surface area (Å²) < 4.78 is 0. The van der Waals surface area contributed by atoms with Gasteiger partial charge in [0.05, 0.1) is 15.6 Å². The van der Waals surface area contributed by atoms with Crippen LogP contribution in [0, 0.1) is 0 Å². The number of rotatable bonds is 0. The number of aromatic nitrogens is 1. The van der Waals surface area contributed by atoms with Crippen LogP contribution in [-0.2, 0) is 5.41 Å². The van der Waals surface area contributed by atoms with Crippen molar-refractivity contribution in [3.63, 3.8) is 0 Å². The summed E-state index contributed by atoms with van der Waals surface area (Å²) in [5, 5.41) is 2.85. The summed E-state index contributed by atoms with van der Waals surface area (Å²) in [5.41, 5.74) is 3.77. The van der Waals surface area contributed by atoms with Crippen molar-refractivity contribution in [2.45, 2.75) is 19.3 Å². The van der Waals surface area contributed by atoms with Crippen LogP contribution in [0.3, 0.4) is 0 Å². The molecule has 1 aliphatic carbocycles. The molecule has 2 heterocycles. The minimum absolute atomic E-state index is 0.0442. The second-order valence-electron chi connectivity index (χ2n) is 4.34. The molecule has 0 aromatic carbocycles. The van der Waals surface area contributed by atoms with Gasteiger partial charge in [-0.15, -0.1) is 11.3 Å². The monoisotopic (exact) mass is 235 g/mol. The molecule has 2 aromatic heterocycles. The van der Waals surface area contributed by atoms with E-state index in [1.165, 1.54) is 16.0 Å². The maximum Gasteiger partial charge on any atom is 0.0846 e. The third-order valence-electron chi connectivity index (χ3n) is 3.08. The standard InChI is InChI=1S/C12H10ClNS/c1-12(2)8-3-4-15-11(8)10-9(12)5-7(13)6-14-10/h3-6H,1-2H3. The SMILES string of the molecule is CC1(C)c2cc(Cl)cnc2-c2sccc21. The molecule has 0 saturated carbocycles. The van der Waals surface area contributed by atoms with Gasteiger partial charge < -0.3 is 0 Å². The van der Waals surface area contributed by atoms with E-state index in [9.17, 15) is 0 Å². The molecule has 1 nitrogen and oxygen atoms in total. The maximum absolute atomic E-state index is 6.00.